The number of H-pyrrole nitrogens is 1. The molecule has 23 heavy (non-hydrogen) atoms. The van der Waals surface area contributed by atoms with Crippen molar-refractivity contribution in [3.63, 3.8) is 0 Å². The third-order valence-corrected chi connectivity index (χ3v) is 3.30. The highest BCUT2D eigenvalue weighted by molar-refractivity contribution is 9.10. The quantitative estimate of drug-likeness (QED) is 0.731. The highest BCUT2D eigenvalue weighted by Gasteiger charge is 2.15. The fraction of sp³-hybridized carbons (Fsp3) is 0.562. The molecule has 2 rings (SSSR count). The third kappa shape index (κ3) is 7.67. The minimum absolute atomic E-state index is 0. The summed E-state index contributed by atoms with van der Waals surface area (Å²) >= 11 is 3.42. The highest BCUT2D eigenvalue weighted by Crippen LogP contribution is 2.30. The van der Waals surface area contributed by atoms with Crippen LogP contribution in [-0.4, -0.2) is 31.3 Å². The number of nitrogens with two attached hydrogens (primary N) is 1. The number of nitrogens with zero attached hydrogens (tertiary/aromatic N) is 3. The van der Waals surface area contributed by atoms with Crippen molar-refractivity contribution < 1.29 is 5.11 Å². The maximum atomic E-state index is 10.2. The van der Waals surface area contributed by atoms with E-state index in [0.717, 1.165) is 34.9 Å². The zero-order valence-electron chi connectivity index (χ0n) is 14.2. The van der Waals surface area contributed by atoms with Crippen molar-refractivity contribution in [2.24, 2.45) is 5.73 Å². The molecule has 1 atom stereocenters. The molecule has 1 aromatic carbocycles. The van der Waals surface area contributed by atoms with Gasteiger partial charge in [-0.25, -0.2) is 5.10 Å². The van der Waals surface area contributed by atoms with E-state index in [-0.39, 0.29) is 5.54 Å². The van der Waals surface area contributed by atoms with Gasteiger partial charge in [0.05, 0.1) is 6.10 Å². The predicted molar refractivity (Wildman–Crippen MR) is 95.7 cm³/mol. The van der Waals surface area contributed by atoms with E-state index >= 15 is 0 Å². The van der Waals surface area contributed by atoms with Crippen LogP contribution >= 0.6 is 15.9 Å². The van der Waals surface area contributed by atoms with Crippen molar-refractivity contribution in [3.05, 3.63) is 28.2 Å². The van der Waals surface area contributed by atoms with E-state index in [1.807, 2.05) is 39.0 Å². The summed E-state index contributed by atoms with van der Waals surface area (Å²) in [5.41, 5.74) is 7.04. The summed E-state index contributed by atoms with van der Waals surface area (Å²) < 4.78 is 0.931. The Balaban J connectivity index is 0.000000463. The van der Waals surface area contributed by atoms with Crippen molar-refractivity contribution in [2.75, 3.05) is 0 Å². The average Bonchev–Trinajstić information content (AvgIpc) is 2.97. The molecular weight excluding hydrogens is 358 g/mol. The van der Waals surface area contributed by atoms with Crippen LogP contribution in [0.15, 0.2) is 22.7 Å². The van der Waals surface area contributed by atoms with E-state index in [9.17, 15) is 5.11 Å². The van der Waals surface area contributed by atoms with E-state index in [1.54, 1.807) is 0 Å². The predicted octanol–water partition coefficient (Wildman–Crippen LogP) is 3.60. The first kappa shape index (κ1) is 19.7. The van der Waals surface area contributed by atoms with E-state index in [0.29, 0.717) is 5.82 Å². The Hall–Kier alpha value is -1.31. The van der Waals surface area contributed by atoms with Crippen LogP contribution in [-0.2, 0) is 0 Å². The molecule has 0 bridgehead atoms. The Bertz CT molecular complexity index is 575. The number of hydrogen-bond acceptors (Lipinski definition) is 5. The lowest BCUT2D eigenvalue weighted by Crippen LogP contribution is -2.26. The standard InChI is InChI=1S/C12H15BrN4O.C4H11N/c1-2-3-4-11(18)9-6-5-8(13)7-10(9)12-14-16-17-15-12;1-4(2,3)5/h5-7,11,18H,2-4H2,1H3,(H,14,15,16,17);5H2,1-3H3. The number of aromatic amines is 1. The normalized spacial score (nSPS) is 12.5. The number of halogens is 1. The summed E-state index contributed by atoms with van der Waals surface area (Å²) in [6.45, 7) is 8.00. The monoisotopic (exact) mass is 383 g/mol. The van der Waals surface area contributed by atoms with Crippen molar-refractivity contribution in [2.45, 2.75) is 58.6 Å². The van der Waals surface area contributed by atoms with Crippen LogP contribution in [0.25, 0.3) is 11.4 Å². The number of aromatic nitrogens is 4. The number of nitrogens with one attached hydrogen (secondary N) is 1. The number of aliphatic hydroxyl groups excluding tert-OH is 1. The molecule has 0 amide bonds. The topological polar surface area (TPSA) is 101 Å². The lowest BCUT2D eigenvalue weighted by Gasteiger charge is -2.14. The smallest absolute Gasteiger partial charge is 0.179 e. The molecule has 1 unspecified atom stereocenters. The fourth-order valence-electron chi connectivity index (χ4n) is 1.85. The second-order valence-corrected chi connectivity index (χ2v) is 7.42. The van der Waals surface area contributed by atoms with Crippen LogP contribution in [0.2, 0.25) is 0 Å². The van der Waals surface area contributed by atoms with Crippen LogP contribution in [0.4, 0.5) is 0 Å². The van der Waals surface area contributed by atoms with Gasteiger partial charge < -0.3 is 10.8 Å². The Morgan fingerprint density at radius 3 is 2.52 bits per heavy atom. The van der Waals surface area contributed by atoms with Gasteiger partial charge in [-0.3, -0.25) is 0 Å². The molecule has 0 fully saturated rings. The molecule has 0 saturated heterocycles. The van der Waals surface area contributed by atoms with Crippen molar-refractivity contribution in [1.82, 2.24) is 20.6 Å². The summed E-state index contributed by atoms with van der Waals surface area (Å²) in [4.78, 5) is 0. The minimum atomic E-state index is -0.488. The highest BCUT2D eigenvalue weighted by atomic mass is 79.9. The molecule has 1 aromatic heterocycles. The van der Waals surface area contributed by atoms with Crippen molar-refractivity contribution >= 4 is 15.9 Å². The second-order valence-electron chi connectivity index (χ2n) is 6.51. The summed E-state index contributed by atoms with van der Waals surface area (Å²) in [5.74, 6) is 0.571. The van der Waals surface area contributed by atoms with Crippen LogP contribution < -0.4 is 5.73 Å². The lowest BCUT2D eigenvalue weighted by atomic mass is 9.98. The van der Waals surface area contributed by atoms with Gasteiger partial charge in [-0.05, 0) is 55.3 Å². The molecule has 1 heterocycles. The number of rotatable bonds is 5. The first-order valence-corrected chi connectivity index (χ1v) is 8.52. The van der Waals surface area contributed by atoms with Crippen molar-refractivity contribution in [1.29, 1.82) is 0 Å². The second kappa shape index (κ2) is 9.10. The van der Waals surface area contributed by atoms with E-state index in [1.165, 1.54) is 0 Å². The number of hydrogen-bond donors (Lipinski definition) is 3. The fourth-order valence-corrected chi connectivity index (χ4v) is 2.21. The Kier molecular flexibility index (Phi) is 7.81. The molecule has 0 aliphatic heterocycles. The van der Waals surface area contributed by atoms with Crippen LogP contribution in [0.5, 0.6) is 0 Å². The van der Waals surface area contributed by atoms with Gasteiger partial charge in [-0.15, -0.1) is 5.10 Å². The van der Waals surface area contributed by atoms with E-state index in [2.05, 4.69) is 43.5 Å². The lowest BCUT2D eigenvalue weighted by molar-refractivity contribution is 0.165. The summed E-state index contributed by atoms with van der Waals surface area (Å²) in [5, 5.41) is 24.0. The number of aliphatic hydroxyl groups is 1. The van der Waals surface area contributed by atoms with Gasteiger partial charge in [-0.2, -0.15) is 0 Å². The van der Waals surface area contributed by atoms with Crippen LogP contribution in [0, 0.1) is 0 Å². The SMILES string of the molecule is CC(C)(C)N.CCCCC(O)c1ccc(Br)cc1-c1nnn[nH]1. The Morgan fingerprint density at radius 1 is 1.35 bits per heavy atom. The number of benzene rings is 1. The van der Waals surface area contributed by atoms with Gasteiger partial charge in [-0.1, -0.05) is 41.8 Å². The van der Waals surface area contributed by atoms with Crippen LogP contribution in [0.3, 0.4) is 0 Å². The van der Waals surface area contributed by atoms with Gasteiger partial charge in [0, 0.05) is 15.6 Å². The molecule has 0 aliphatic carbocycles. The minimum Gasteiger partial charge on any atom is -0.388 e. The van der Waals surface area contributed by atoms with Crippen LogP contribution in [0.1, 0.15) is 58.6 Å². The van der Waals surface area contributed by atoms with Gasteiger partial charge in [0.25, 0.3) is 0 Å². The zero-order valence-corrected chi connectivity index (χ0v) is 15.8. The molecule has 2 aromatic rings. The molecule has 7 heteroatoms. The molecule has 0 aliphatic rings. The first-order chi connectivity index (χ1) is 10.7. The molecular formula is C16H26BrN5O. The summed E-state index contributed by atoms with van der Waals surface area (Å²) in [6.07, 6.45) is 2.31. The molecule has 0 radical (unpaired) electrons. The van der Waals surface area contributed by atoms with Gasteiger partial charge >= 0.3 is 0 Å². The zero-order chi connectivity index (χ0) is 17.5. The van der Waals surface area contributed by atoms with Gasteiger partial charge in [0.15, 0.2) is 5.82 Å². The molecule has 0 spiro atoms. The van der Waals surface area contributed by atoms with Gasteiger partial charge in [0.1, 0.15) is 0 Å². The average molecular weight is 384 g/mol. The number of tetrazole rings is 1. The van der Waals surface area contributed by atoms with E-state index < -0.39 is 6.10 Å². The largest absolute Gasteiger partial charge is 0.388 e. The first-order valence-electron chi connectivity index (χ1n) is 7.73. The Labute approximate surface area is 146 Å². The molecule has 6 nitrogen and oxygen atoms in total. The summed E-state index contributed by atoms with van der Waals surface area (Å²) in [7, 11) is 0. The maximum Gasteiger partial charge on any atom is 0.179 e. The maximum absolute atomic E-state index is 10.2. The molecule has 4 N–H and O–H groups in total. The summed E-state index contributed by atoms with van der Waals surface area (Å²) in [6, 6.07) is 5.73. The Morgan fingerprint density at radius 2 is 2.00 bits per heavy atom. The third-order valence-electron chi connectivity index (χ3n) is 2.81. The molecule has 0 saturated carbocycles. The molecule has 128 valence electrons. The van der Waals surface area contributed by atoms with Crippen molar-refractivity contribution in [3.8, 4) is 11.4 Å². The number of unbranched alkanes of at least 4 members (excludes halogenated alkanes) is 1. The van der Waals surface area contributed by atoms with Gasteiger partial charge in [0.2, 0.25) is 0 Å². The van der Waals surface area contributed by atoms with E-state index in [4.69, 9.17) is 5.73 Å².